The summed E-state index contributed by atoms with van der Waals surface area (Å²) in [6.45, 7) is 4.36. The summed E-state index contributed by atoms with van der Waals surface area (Å²) in [5.41, 5.74) is 0.204. The van der Waals surface area contributed by atoms with Crippen molar-refractivity contribution >= 4 is 5.96 Å². The SMILES string of the molecule is CCNC(=NCc1cn(C)nc1C(F)(F)F)NC(C)c1ccccc1. The number of benzene rings is 1. The lowest BCUT2D eigenvalue weighted by molar-refractivity contribution is -0.142. The standard InChI is InChI=1S/C17H22F3N5/c1-4-21-16(23-12(2)13-8-6-5-7-9-13)22-10-14-11-25(3)24-15(14)17(18,19)20/h5-9,11-12H,4,10H2,1-3H3,(H2,21,22,23). The Balaban J connectivity index is 2.15. The van der Waals surface area contributed by atoms with Crippen molar-refractivity contribution in [3.63, 3.8) is 0 Å². The second-order valence-corrected chi connectivity index (χ2v) is 5.65. The van der Waals surface area contributed by atoms with Crippen molar-refractivity contribution in [2.24, 2.45) is 12.0 Å². The Hall–Kier alpha value is -2.51. The van der Waals surface area contributed by atoms with Gasteiger partial charge in [-0.1, -0.05) is 30.3 Å². The zero-order chi connectivity index (χ0) is 18.4. The molecule has 1 unspecified atom stereocenters. The van der Waals surface area contributed by atoms with Crippen LogP contribution in [0.25, 0.3) is 0 Å². The fraction of sp³-hybridized carbons (Fsp3) is 0.412. The molecule has 0 aliphatic rings. The molecule has 2 aromatic rings. The first-order valence-electron chi connectivity index (χ1n) is 8.00. The predicted molar refractivity (Wildman–Crippen MR) is 91.0 cm³/mol. The van der Waals surface area contributed by atoms with E-state index in [1.54, 1.807) is 0 Å². The van der Waals surface area contributed by atoms with Gasteiger partial charge in [-0.3, -0.25) is 4.68 Å². The number of halogens is 3. The van der Waals surface area contributed by atoms with Crippen molar-refractivity contribution in [2.45, 2.75) is 32.6 Å². The molecule has 25 heavy (non-hydrogen) atoms. The molecular weight excluding hydrogens is 331 g/mol. The normalized spacial score (nSPS) is 13.6. The fourth-order valence-electron chi connectivity index (χ4n) is 2.41. The minimum atomic E-state index is -4.49. The van der Waals surface area contributed by atoms with E-state index in [0.29, 0.717) is 12.5 Å². The van der Waals surface area contributed by atoms with Crippen LogP contribution in [-0.4, -0.2) is 22.3 Å². The molecule has 1 aromatic carbocycles. The molecule has 8 heteroatoms. The number of rotatable bonds is 5. The molecular formula is C17H22F3N5. The molecule has 0 aliphatic heterocycles. The maximum absolute atomic E-state index is 13.0. The Morgan fingerprint density at radius 1 is 1.28 bits per heavy atom. The molecule has 0 aliphatic carbocycles. The molecule has 0 bridgehead atoms. The van der Waals surface area contributed by atoms with Crippen molar-refractivity contribution in [1.82, 2.24) is 20.4 Å². The Kier molecular flexibility index (Phi) is 6.06. The molecule has 2 rings (SSSR count). The number of hydrogen-bond donors (Lipinski definition) is 2. The van der Waals surface area contributed by atoms with Gasteiger partial charge in [0.25, 0.3) is 0 Å². The lowest BCUT2D eigenvalue weighted by Gasteiger charge is -2.18. The average Bonchev–Trinajstić information content (AvgIpc) is 2.95. The number of nitrogens with zero attached hydrogens (tertiary/aromatic N) is 3. The summed E-state index contributed by atoms with van der Waals surface area (Å²) in [7, 11) is 1.46. The van der Waals surface area contributed by atoms with Gasteiger partial charge in [-0.15, -0.1) is 0 Å². The highest BCUT2D eigenvalue weighted by molar-refractivity contribution is 5.80. The van der Waals surface area contributed by atoms with Gasteiger partial charge in [0.1, 0.15) is 0 Å². The number of aromatic nitrogens is 2. The van der Waals surface area contributed by atoms with E-state index in [2.05, 4.69) is 20.7 Å². The first kappa shape index (κ1) is 18.8. The van der Waals surface area contributed by atoms with Gasteiger partial charge in [-0.2, -0.15) is 18.3 Å². The van der Waals surface area contributed by atoms with E-state index in [-0.39, 0.29) is 18.2 Å². The number of hydrogen-bond acceptors (Lipinski definition) is 2. The third kappa shape index (κ3) is 5.23. The van der Waals surface area contributed by atoms with Crippen LogP contribution in [-0.2, 0) is 19.8 Å². The van der Waals surface area contributed by atoms with Gasteiger partial charge in [0.05, 0.1) is 12.6 Å². The summed E-state index contributed by atoms with van der Waals surface area (Å²) < 4.78 is 40.2. The Labute approximate surface area is 145 Å². The molecule has 136 valence electrons. The van der Waals surface area contributed by atoms with Crippen molar-refractivity contribution in [2.75, 3.05) is 6.54 Å². The van der Waals surface area contributed by atoms with Crippen LogP contribution < -0.4 is 10.6 Å². The van der Waals surface area contributed by atoms with Crippen LogP contribution >= 0.6 is 0 Å². The number of guanidine groups is 1. The van der Waals surface area contributed by atoms with Crippen molar-refractivity contribution in [1.29, 1.82) is 0 Å². The van der Waals surface area contributed by atoms with Gasteiger partial charge in [0, 0.05) is 25.4 Å². The number of alkyl halides is 3. The zero-order valence-electron chi connectivity index (χ0n) is 14.4. The molecule has 0 spiro atoms. The molecule has 0 fully saturated rings. The van der Waals surface area contributed by atoms with Gasteiger partial charge in [0.2, 0.25) is 0 Å². The third-order valence-corrected chi connectivity index (χ3v) is 3.58. The molecule has 1 heterocycles. The van der Waals surface area contributed by atoms with E-state index in [9.17, 15) is 13.2 Å². The molecule has 0 radical (unpaired) electrons. The number of aryl methyl sites for hydroxylation is 1. The van der Waals surface area contributed by atoms with Gasteiger partial charge in [0.15, 0.2) is 11.7 Å². The van der Waals surface area contributed by atoms with E-state index in [4.69, 9.17) is 0 Å². The van der Waals surface area contributed by atoms with Crippen molar-refractivity contribution in [3.8, 4) is 0 Å². The van der Waals surface area contributed by atoms with Gasteiger partial charge in [-0.25, -0.2) is 4.99 Å². The molecule has 1 atom stereocenters. The van der Waals surface area contributed by atoms with Crippen LogP contribution in [0.1, 0.15) is 36.7 Å². The smallest absolute Gasteiger partial charge is 0.357 e. The molecule has 0 saturated carbocycles. The minimum absolute atomic E-state index is 0.0324. The van der Waals surface area contributed by atoms with Crippen molar-refractivity contribution in [3.05, 3.63) is 53.3 Å². The highest BCUT2D eigenvalue weighted by Crippen LogP contribution is 2.30. The Morgan fingerprint density at radius 3 is 2.56 bits per heavy atom. The van der Waals surface area contributed by atoms with Gasteiger partial charge >= 0.3 is 6.18 Å². The summed E-state index contributed by atoms with van der Waals surface area (Å²) in [6, 6.07) is 9.71. The number of nitrogens with one attached hydrogen (secondary N) is 2. The maximum atomic E-state index is 13.0. The highest BCUT2D eigenvalue weighted by Gasteiger charge is 2.36. The lowest BCUT2D eigenvalue weighted by atomic mass is 10.1. The third-order valence-electron chi connectivity index (χ3n) is 3.58. The molecule has 1 aromatic heterocycles. The number of aliphatic imine (C=N–C) groups is 1. The maximum Gasteiger partial charge on any atom is 0.435 e. The molecule has 5 nitrogen and oxygen atoms in total. The quantitative estimate of drug-likeness (QED) is 0.641. The first-order chi connectivity index (χ1) is 11.8. The van der Waals surface area contributed by atoms with E-state index in [1.165, 1.54) is 13.2 Å². The fourth-order valence-corrected chi connectivity index (χ4v) is 2.41. The molecule has 2 N–H and O–H groups in total. The topological polar surface area (TPSA) is 54.2 Å². The molecule has 0 saturated heterocycles. The van der Waals surface area contributed by atoms with Crippen LogP contribution in [0.2, 0.25) is 0 Å². The van der Waals surface area contributed by atoms with Crippen molar-refractivity contribution < 1.29 is 13.2 Å². The van der Waals surface area contributed by atoms with E-state index in [0.717, 1.165) is 10.2 Å². The largest absolute Gasteiger partial charge is 0.435 e. The van der Waals surface area contributed by atoms with Gasteiger partial charge in [-0.05, 0) is 19.4 Å². The van der Waals surface area contributed by atoms with E-state index in [1.807, 2.05) is 44.2 Å². The highest BCUT2D eigenvalue weighted by atomic mass is 19.4. The predicted octanol–water partition coefficient (Wildman–Crippen LogP) is 3.26. The van der Waals surface area contributed by atoms with Crippen LogP contribution in [0.4, 0.5) is 13.2 Å². The minimum Gasteiger partial charge on any atom is -0.357 e. The monoisotopic (exact) mass is 353 g/mol. The summed E-state index contributed by atoms with van der Waals surface area (Å²) in [5.74, 6) is 0.454. The second kappa shape index (κ2) is 8.04. The van der Waals surface area contributed by atoms with E-state index >= 15 is 0 Å². The van der Waals surface area contributed by atoms with Crippen LogP contribution in [0.15, 0.2) is 41.5 Å². The molecule has 0 amide bonds. The summed E-state index contributed by atoms with van der Waals surface area (Å²) in [5, 5.41) is 9.74. The van der Waals surface area contributed by atoms with Crippen LogP contribution in [0.3, 0.4) is 0 Å². The lowest BCUT2D eigenvalue weighted by Crippen LogP contribution is -2.38. The summed E-state index contributed by atoms with van der Waals surface area (Å²) in [6.07, 6.45) is -3.15. The van der Waals surface area contributed by atoms with Crippen LogP contribution in [0, 0.1) is 0 Å². The van der Waals surface area contributed by atoms with E-state index < -0.39 is 11.9 Å². The van der Waals surface area contributed by atoms with Gasteiger partial charge < -0.3 is 10.6 Å². The first-order valence-corrected chi connectivity index (χ1v) is 8.00. The zero-order valence-corrected chi connectivity index (χ0v) is 14.4. The Morgan fingerprint density at radius 2 is 1.96 bits per heavy atom. The Bertz CT molecular complexity index is 707. The summed E-state index contributed by atoms with van der Waals surface area (Å²) in [4.78, 5) is 4.28. The van der Waals surface area contributed by atoms with Crippen LogP contribution in [0.5, 0.6) is 0 Å². The summed E-state index contributed by atoms with van der Waals surface area (Å²) >= 11 is 0. The second-order valence-electron chi connectivity index (χ2n) is 5.65. The average molecular weight is 353 g/mol.